The minimum Gasteiger partial charge on any atom is -0.310 e. The molecule has 1 aromatic heterocycles. The van der Waals surface area contributed by atoms with Gasteiger partial charge in [-0.2, -0.15) is 5.10 Å². The molecule has 0 bridgehead atoms. The Balaban J connectivity index is 2.49. The minimum absolute atomic E-state index is 0.211. The van der Waals surface area contributed by atoms with Crippen LogP contribution in [0.15, 0.2) is 24.4 Å². The molecule has 114 valence electrons. The summed E-state index contributed by atoms with van der Waals surface area (Å²) in [7, 11) is 1.90. The van der Waals surface area contributed by atoms with Crippen molar-refractivity contribution in [3.05, 3.63) is 41.5 Å². The third-order valence-electron chi connectivity index (χ3n) is 3.47. The second kappa shape index (κ2) is 6.39. The van der Waals surface area contributed by atoms with Gasteiger partial charge in [-0.25, -0.2) is 4.39 Å². The van der Waals surface area contributed by atoms with Crippen LogP contribution in [0.25, 0.3) is 11.1 Å². The number of rotatable bonds is 5. The molecule has 0 amide bonds. The zero-order chi connectivity index (χ0) is 15.6. The Morgan fingerprint density at radius 2 is 1.90 bits per heavy atom. The summed E-state index contributed by atoms with van der Waals surface area (Å²) in [5.41, 5.74) is 4.06. The molecule has 4 heteroatoms. The van der Waals surface area contributed by atoms with Crippen LogP contribution in [-0.4, -0.2) is 15.8 Å². The van der Waals surface area contributed by atoms with Gasteiger partial charge in [0.2, 0.25) is 0 Å². The number of nitrogens with zero attached hydrogens (tertiary/aromatic N) is 2. The van der Waals surface area contributed by atoms with Gasteiger partial charge in [0.05, 0.1) is 5.69 Å². The smallest absolute Gasteiger partial charge is 0.123 e. The van der Waals surface area contributed by atoms with E-state index in [-0.39, 0.29) is 5.82 Å². The van der Waals surface area contributed by atoms with Crippen LogP contribution in [0.5, 0.6) is 0 Å². The predicted octanol–water partition coefficient (Wildman–Crippen LogP) is 3.85. The highest BCUT2D eigenvalue weighted by Crippen LogP contribution is 2.31. The molecule has 0 aliphatic carbocycles. The summed E-state index contributed by atoms with van der Waals surface area (Å²) >= 11 is 0. The van der Waals surface area contributed by atoms with Crippen molar-refractivity contribution in [2.75, 3.05) is 0 Å². The number of nitrogens with one attached hydrogen (secondary N) is 1. The summed E-state index contributed by atoms with van der Waals surface area (Å²) in [5, 5.41) is 7.92. The first-order valence-corrected chi connectivity index (χ1v) is 7.44. The van der Waals surface area contributed by atoms with Gasteiger partial charge < -0.3 is 5.32 Å². The normalized spacial score (nSPS) is 11.6. The van der Waals surface area contributed by atoms with Crippen molar-refractivity contribution in [1.82, 2.24) is 15.1 Å². The van der Waals surface area contributed by atoms with Crippen molar-refractivity contribution in [2.24, 2.45) is 7.05 Å². The molecule has 0 spiro atoms. The van der Waals surface area contributed by atoms with E-state index < -0.39 is 0 Å². The largest absolute Gasteiger partial charge is 0.310 e. The van der Waals surface area contributed by atoms with Gasteiger partial charge in [0.1, 0.15) is 5.82 Å². The molecule has 2 rings (SSSR count). The van der Waals surface area contributed by atoms with E-state index in [0.29, 0.717) is 12.0 Å². The summed E-state index contributed by atoms with van der Waals surface area (Å²) in [6.07, 6.45) is 1.98. The molecule has 3 nitrogen and oxygen atoms in total. The highest BCUT2D eigenvalue weighted by atomic mass is 19.1. The standard InChI is InChI=1S/C17H24FN3/c1-11(2)17-16(10-21(5)20-17)15-8-14(18)7-6-13(15)9-19-12(3)4/h6-8,10-12,19H,9H2,1-5H3. The number of hydrogen-bond donors (Lipinski definition) is 1. The maximum absolute atomic E-state index is 13.7. The van der Waals surface area contributed by atoms with Crippen LogP contribution in [0, 0.1) is 5.82 Å². The Morgan fingerprint density at radius 3 is 2.52 bits per heavy atom. The van der Waals surface area contributed by atoms with Crippen molar-refractivity contribution in [3.8, 4) is 11.1 Å². The van der Waals surface area contributed by atoms with Crippen molar-refractivity contribution in [1.29, 1.82) is 0 Å². The van der Waals surface area contributed by atoms with Crippen LogP contribution >= 0.6 is 0 Å². The topological polar surface area (TPSA) is 29.9 Å². The fourth-order valence-electron chi connectivity index (χ4n) is 2.41. The lowest BCUT2D eigenvalue weighted by Gasteiger charge is -2.14. The van der Waals surface area contributed by atoms with E-state index >= 15 is 0 Å². The van der Waals surface area contributed by atoms with Gasteiger partial charge in [0.25, 0.3) is 0 Å². The molecule has 1 N–H and O–H groups in total. The lowest BCUT2D eigenvalue weighted by Crippen LogP contribution is -2.22. The van der Waals surface area contributed by atoms with Gasteiger partial charge >= 0.3 is 0 Å². The van der Waals surface area contributed by atoms with E-state index in [9.17, 15) is 4.39 Å². The van der Waals surface area contributed by atoms with Crippen LogP contribution in [0.4, 0.5) is 4.39 Å². The molecule has 0 radical (unpaired) electrons. The summed E-state index contributed by atoms with van der Waals surface area (Å²) in [4.78, 5) is 0. The number of aryl methyl sites for hydroxylation is 1. The third-order valence-corrected chi connectivity index (χ3v) is 3.47. The van der Waals surface area contributed by atoms with E-state index in [1.54, 1.807) is 10.7 Å². The lowest BCUT2D eigenvalue weighted by molar-refractivity contribution is 0.587. The number of hydrogen-bond acceptors (Lipinski definition) is 2. The molecule has 0 atom stereocenters. The lowest BCUT2D eigenvalue weighted by atomic mass is 9.96. The molecule has 0 aliphatic heterocycles. The molecule has 1 aromatic carbocycles. The van der Waals surface area contributed by atoms with E-state index in [1.807, 2.05) is 19.3 Å². The third kappa shape index (κ3) is 3.70. The Morgan fingerprint density at radius 1 is 1.19 bits per heavy atom. The first-order chi connectivity index (χ1) is 9.88. The number of halogens is 1. The summed E-state index contributed by atoms with van der Waals surface area (Å²) in [6.45, 7) is 9.15. The van der Waals surface area contributed by atoms with Crippen molar-refractivity contribution < 1.29 is 4.39 Å². The zero-order valence-corrected chi connectivity index (χ0v) is 13.4. The van der Waals surface area contributed by atoms with Crippen LogP contribution in [0.3, 0.4) is 0 Å². The zero-order valence-electron chi connectivity index (χ0n) is 13.4. The van der Waals surface area contributed by atoms with E-state index in [4.69, 9.17) is 0 Å². The molecule has 1 heterocycles. The molecule has 2 aromatic rings. The molecule has 0 saturated carbocycles. The van der Waals surface area contributed by atoms with Gasteiger partial charge in [-0.1, -0.05) is 33.8 Å². The van der Waals surface area contributed by atoms with Crippen LogP contribution in [0.1, 0.15) is 44.9 Å². The van der Waals surface area contributed by atoms with Crippen molar-refractivity contribution in [3.63, 3.8) is 0 Å². The number of aromatic nitrogens is 2. The fourth-order valence-corrected chi connectivity index (χ4v) is 2.41. The quantitative estimate of drug-likeness (QED) is 0.906. The van der Waals surface area contributed by atoms with Crippen LogP contribution in [-0.2, 0) is 13.6 Å². The second-order valence-electron chi connectivity index (χ2n) is 6.09. The molecule has 21 heavy (non-hydrogen) atoms. The Kier molecular flexibility index (Phi) is 4.78. The highest BCUT2D eigenvalue weighted by Gasteiger charge is 2.16. The predicted molar refractivity (Wildman–Crippen MR) is 84.7 cm³/mol. The molecule has 0 unspecified atom stereocenters. The van der Waals surface area contributed by atoms with Crippen LogP contribution < -0.4 is 5.32 Å². The SMILES string of the molecule is CC(C)NCc1ccc(F)cc1-c1cn(C)nc1C(C)C. The van der Waals surface area contributed by atoms with E-state index in [0.717, 1.165) is 28.9 Å². The second-order valence-corrected chi connectivity index (χ2v) is 6.09. The van der Waals surface area contributed by atoms with E-state index in [1.165, 1.54) is 6.07 Å². The Bertz CT molecular complexity index is 614. The van der Waals surface area contributed by atoms with Crippen molar-refractivity contribution >= 4 is 0 Å². The first kappa shape index (κ1) is 15.7. The van der Waals surface area contributed by atoms with Gasteiger partial charge in [0.15, 0.2) is 0 Å². The molecule has 0 saturated heterocycles. The van der Waals surface area contributed by atoms with Crippen molar-refractivity contribution in [2.45, 2.75) is 46.2 Å². The number of benzene rings is 1. The monoisotopic (exact) mass is 289 g/mol. The summed E-state index contributed by atoms with van der Waals surface area (Å²) in [5.74, 6) is 0.0900. The first-order valence-electron chi connectivity index (χ1n) is 7.44. The van der Waals surface area contributed by atoms with Gasteiger partial charge in [-0.3, -0.25) is 4.68 Å². The maximum atomic E-state index is 13.7. The fraction of sp³-hybridized carbons (Fsp3) is 0.471. The van der Waals surface area contributed by atoms with Gasteiger partial charge in [-0.05, 0) is 29.2 Å². The Labute approximate surface area is 126 Å². The van der Waals surface area contributed by atoms with Gasteiger partial charge in [0, 0.05) is 31.4 Å². The molecule has 0 aliphatic rings. The highest BCUT2D eigenvalue weighted by molar-refractivity contribution is 5.69. The van der Waals surface area contributed by atoms with Gasteiger partial charge in [-0.15, -0.1) is 0 Å². The molecular formula is C17H24FN3. The van der Waals surface area contributed by atoms with E-state index in [2.05, 4.69) is 38.1 Å². The molecular weight excluding hydrogens is 265 g/mol. The van der Waals surface area contributed by atoms with Crippen LogP contribution in [0.2, 0.25) is 0 Å². The Hall–Kier alpha value is -1.68. The maximum Gasteiger partial charge on any atom is 0.123 e. The average Bonchev–Trinajstić information content (AvgIpc) is 2.79. The average molecular weight is 289 g/mol. The summed E-state index contributed by atoms with van der Waals surface area (Å²) in [6, 6.07) is 5.38. The summed E-state index contributed by atoms with van der Waals surface area (Å²) < 4.78 is 15.5. The molecule has 0 fully saturated rings. The minimum atomic E-state index is -0.211.